The summed E-state index contributed by atoms with van der Waals surface area (Å²) in [5.74, 6) is 0.277. The second-order valence-electron chi connectivity index (χ2n) is 3.57. The first-order valence-corrected chi connectivity index (χ1v) is 6.20. The topological polar surface area (TPSA) is 33.1 Å². The highest BCUT2D eigenvalue weighted by atomic mass is 32.2. The monoisotopic (exact) mass is 249 g/mol. The van der Waals surface area contributed by atoms with Crippen molar-refractivity contribution in [1.82, 2.24) is 4.98 Å². The minimum atomic E-state index is -0.557. The first kappa shape index (κ1) is 12.1. The van der Waals surface area contributed by atoms with E-state index in [1.807, 2.05) is 6.07 Å². The van der Waals surface area contributed by atoms with Crippen LogP contribution in [0.15, 0.2) is 53.7 Å². The molecule has 4 heteroatoms. The third-order valence-corrected chi connectivity index (χ3v) is 3.38. The summed E-state index contributed by atoms with van der Waals surface area (Å²) in [6.45, 7) is 0. The fraction of sp³-hybridized carbons (Fsp3) is 0.154. The summed E-state index contributed by atoms with van der Waals surface area (Å²) < 4.78 is 12.7. The summed E-state index contributed by atoms with van der Waals surface area (Å²) in [6, 6.07) is 9.87. The van der Waals surface area contributed by atoms with E-state index in [2.05, 4.69) is 4.98 Å². The number of halogens is 1. The van der Waals surface area contributed by atoms with Gasteiger partial charge in [0.2, 0.25) is 0 Å². The van der Waals surface area contributed by atoms with E-state index in [1.54, 1.807) is 30.6 Å². The van der Waals surface area contributed by atoms with Crippen molar-refractivity contribution in [2.75, 3.05) is 5.75 Å². The summed E-state index contributed by atoms with van der Waals surface area (Å²) in [5, 5.41) is 9.90. The predicted molar refractivity (Wildman–Crippen MR) is 66.3 cm³/mol. The van der Waals surface area contributed by atoms with Gasteiger partial charge in [0, 0.05) is 23.0 Å². The quantitative estimate of drug-likeness (QED) is 0.845. The predicted octanol–water partition coefficient (Wildman–Crippen LogP) is 3.05. The van der Waals surface area contributed by atoms with E-state index < -0.39 is 6.10 Å². The molecule has 0 fully saturated rings. The van der Waals surface area contributed by atoms with Crippen LogP contribution in [0.2, 0.25) is 0 Å². The van der Waals surface area contributed by atoms with Crippen molar-refractivity contribution < 1.29 is 9.50 Å². The Hall–Kier alpha value is -1.39. The fourth-order valence-corrected chi connectivity index (χ4v) is 2.25. The number of aliphatic hydroxyl groups is 1. The Balaban J connectivity index is 1.92. The fourth-order valence-electron chi connectivity index (χ4n) is 1.38. The molecule has 0 amide bonds. The summed E-state index contributed by atoms with van der Waals surface area (Å²) in [6.07, 6.45) is 2.76. The standard InChI is InChI=1S/C13H12FNOS/c14-11-3-5-12(6-4-11)17-9-13(16)10-2-1-7-15-8-10/h1-8,13,16H,9H2. The highest BCUT2D eigenvalue weighted by molar-refractivity contribution is 7.99. The number of aromatic nitrogens is 1. The van der Waals surface area contributed by atoms with Gasteiger partial charge in [-0.3, -0.25) is 4.98 Å². The van der Waals surface area contributed by atoms with Crippen molar-refractivity contribution >= 4 is 11.8 Å². The zero-order valence-electron chi connectivity index (χ0n) is 9.08. The maximum absolute atomic E-state index is 12.7. The van der Waals surface area contributed by atoms with Gasteiger partial charge in [0.1, 0.15) is 5.82 Å². The molecule has 0 radical (unpaired) electrons. The highest BCUT2D eigenvalue weighted by Gasteiger charge is 2.07. The van der Waals surface area contributed by atoms with Crippen LogP contribution in [0.4, 0.5) is 4.39 Å². The SMILES string of the molecule is OC(CSc1ccc(F)cc1)c1cccnc1. The Labute approximate surface area is 104 Å². The van der Waals surface area contributed by atoms with E-state index in [4.69, 9.17) is 0 Å². The molecule has 0 saturated heterocycles. The maximum atomic E-state index is 12.7. The van der Waals surface area contributed by atoms with Gasteiger partial charge in [0.25, 0.3) is 0 Å². The lowest BCUT2D eigenvalue weighted by Crippen LogP contribution is -2.00. The molecule has 0 aliphatic heterocycles. The van der Waals surface area contributed by atoms with Crippen LogP contribution in [-0.4, -0.2) is 15.8 Å². The van der Waals surface area contributed by atoms with Crippen molar-refractivity contribution in [2.24, 2.45) is 0 Å². The Bertz CT molecular complexity index is 461. The molecule has 1 atom stereocenters. The molecule has 1 aromatic heterocycles. The molecule has 0 aliphatic carbocycles. The minimum absolute atomic E-state index is 0.248. The number of hydrogen-bond donors (Lipinski definition) is 1. The summed E-state index contributed by atoms with van der Waals surface area (Å²) in [5.41, 5.74) is 0.794. The molecule has 2 nitrogen and oxygen atoms in total. The van der Waals surface area contributed by atoms with Crippen molar-refractivity contribution in [1.29, 1.82) is 0 Å². The lowest BCUT2D eigenvalue weighted by atomic mass is 10.2. The number of pyridine rings is 1. The van der Waals surface area contributed by atoms with Gasteiger partial charge in [-0.05, 0) is 35.9 Å². The Morgan fingerprint density at radius 3 is 2.65 bits per heavy atom. The molecule has 17 heavy (non-hydrogen) atoms. The van der Waals surface area contributed by atoms with Gasteiger partial charge in [-0.1, -0.05) is 6.07 Å². The number of rotatable bonds is 4. The van der Waals surface area contributed by atoms with Crippen molar-refractivity contribution in [3.63, 3.8) is 0 Å². The molecular formula is C13H12FNOS. The molecule has 1 N–H and O–H groups in total. The highest BCUT2D eigenvalue weighted by Crippen LogP contribution is 2.24. The maximum Gasteiger partial charge on any atom is 0.123 e. The summed E-state index contributed by atoms with van der Waals surface area (Å²) in [4.78, 5) is 4.89. The number of benzene rings is 1. The summed E-state index contributed by atoms with van der Waals surface area (Å²) >= 11 is 1.49. The van der Waals surface area contributed by atoms with Crippen LogP contribution in [0, 0.1) is 5.82 Å². The first-order chi connectivity index (χ1) is 8.25. The van der Waals surface area contributed by atoms with Crippen LogP contribution in [0.3, 0.4) is 0 Å². The zero-order chi connectivity index (χ0) is 12.1. The van der Waals surface area contributed by atoms with Gasteiger partial charge in [-0.15, -0.1) is 11.8 Å². The molecule has 1 aromatic carbocycles. The van der Waals surface area contributed by atoms with Gasteiger partial charge in [0.15, 0.2) is 0 Å². The van der Waals surface area contributed by atoms with E-state index in [0.717, 1.165) is 10.5 Å². The summed E-state index contributed by atoms with van der Waals surface area (Å²) in [7, 11) is 0. The van der Waals surface area contributed by atoms with Gasteiger partial charge in [0.05, 0.1) is 6.10 Å². The number of aliphatic hydroxyl groups excluding tert-OH is 1. The molecule has 88 valence electrons. The van der Waals surface area contributed by atoms with E-state index in [0.29, 0.717) is 5.75 Å². The molecular weight excluding hydrogens is 237 g/mol. The van der Waals surface area contributed by atoms with Gasteiger partial charge in [-0.25, -0.2) is 4.39 Å². The number of hydrogen-bond acceptors (Lipinski definition) is 3. The lowest BCUT2D eigenvalue weighted by Gasteiger charge is -2.09. The van der Waals surface area contributed by atoms with Crippen LogP contribution in [0.25, 0.3) is 0 Å². The molecule has 2 rings (SSSR count). The Morgan fingerprint density at radius 2 is 2.00 bits per heavy atom. The second kappa shape index (κ2) is 5.80. The number of nitrogens with zero attached hydrogens (tertiary/aromatic N) is 1. The third kappa shape index (κ3) is 3.54. The molecule has 1 unspecified atom stereocenters. The van der Waals surface area contributed by atoms with Crippen LogP contribution < -0.4 is 0 Å². The Kier molecular flexibility index (Phi) is 4.12. The average molecular weight is 249 g/mol. The smallest absolute Gasteiger partial charge is 0.123 e. The van der Waals surface area contributed by atoms with E-state index in [-0.39, 0.29) is 5.82 Å². The first-order valence-electron chi connectivity index (χ1n) is 5.22. The Morgan fingerprint density at radius 1 is 1.24 bits per heavy atom. The van der Waals surface area contributed by atoms with Crippen LogP contribution in [0.5, 0.6) is 0 Å². The second-order valence-corrected chi connectivity index (χ2v) is 4.66. The zero-order valence-corrected chi connectivity index (χ0v) is 9.90. The van der Waals surface area contributed by atoms with Crippen LogP contribution in [-0.2, 0) is 0 Å². The normalized spacial score (nSPS) is 12.4. The molecule has 1 heterocycles. The van der Waals surface area contributed by atoms with Crippen LogP contribution in [0.1, 0.15) is 11.7 Å². The largest absolute Gasteiger partial charge is 0.387 e. The van der Waals surface area contributed by atoms with Crippen molar-refractivity contribution in [2.45, 2.75) is 11.0 Å². The molecule has 2 aromatic rings. The van der Waals surface area contributed by atoms with Gasteiger partial charge in [-0.2, -0.15) is 0 Å². The molecule has 0 spiro atoms. The molecule has 0 aliphatic rings. The minimum Gasteiger partial charge on any atom is -0.387 e. The average Bonchev–Trinajstić information content (AvgIpc) is 2.39. The van der Waals surface area contributed by atoms with Crippen molar-refractivity contribution in [3.05, 3.63) is 60.2 Å². The van der Waals surface area contributed by atoms with E-state index in [9.17, 15) is 9.50 Å². The lowest BCUT2D eigenvalue weighted by molar-refractivity contribution is 0.203. The molecule has 0 saturated carbocycles. The molecule has 0 bridgehead atoms. The van der Waals surface area contributed by atoms with Gasteiger partial charge >= 0.3 is 0 Å². The van der Waals surface area contributed by atoms with Crippen molar-refractivity contribution in [3.8, 4) is 0 Å². The van der Waals surface area contributed by atoms with Gasteiger partial charge < -0.3 is 5.11 Å². The van der Waals surface area contributed by atoms with E-state index in [1.165, 1.54) is 23.9 Å². The third-order valence-electron chi connectivity index (χ3n) is 2.29. The van der Waals surface area contributed by atoms with E-state index >= 15 is 0 Å². The number of thioether (sulfide) groups is 1. The van der Waals surface area contributed by atoms with Crippen LogP contribution >= 0.6 is 11.8 Å².